The van der Waals surface area contributed by atoms with Crippen LogP contribution in [0, 0.1) is 11.6 Å². The summed E-state index contributed by atoms with van der Waals surface area (Å²) in [7, 11) is 0. The van der Waals surface area contributed by atoms with Crippen molar-refractivity contribution in [2.75, 3.05) is 0 Å². The van der Waals surface area contributed by atoms with Crippen molar-refractivity contribution < 1.29 is 23.8 Å². The van der Waals surface area contributed by atoms with Crippen molar-refractivity contribution in [2.45, 2.75) is 0 Å². The second-order valence-corrected chi connectivity index (χ2v) is 2.47. The molecule has 14 heavy (non-hydrogen) atoms. The molecule has 0 spiro atoms. The Morgan fingerprint density at radius 3 is 2.50 bits per heavy atom. The number of benzene rings is 1. The van der Waals surface area contributed by atoms with Crippen molar-refractivity contribution in [3.8, 4) is 5.75 Å². The average Bonchev–Trinajstić information content (AvgIpc) is 2.13. The van der Waals surface area contributed by atoms with Crippen LogP contribution in [0.3, 0.4) is 0 Å². The third kappa shape index (κ3) is 2.07. The second-order valence-electron chi connectivity index (χ2n) is 2.47. The molecule has 1 aromatic rings. The van der Waals surface area contributed by atoms with Crippen molar-refractivity contribution in [3.63, 3.8) is 0 Å². The van der Waals surface area contributed by atoms with Gasteiger partial charge in [0.2, 0.25) is 5.82 Å². The van der Waals surface area contributed by atoms with Crippen LogP contribution in [0.2, 0.25) is 0 Å². The lowest BCUT2D eigenvalue weighted by molar-refractivity contribution is -0.131. The van der Waals surface area contributed by atoms with Gasteiger partial charge in [-0.25, -0.2) is 9.18 Å². The fraction of sp³-hybridized carbons (Fsp3) is 0. The zero-order chi connectivity index (χ0) is 10.7. The van der Waals surface area contributed by atoms with Crippen LogP contribution in [-0.2, 0) is 4.79 Å². The maximum Gasteiger partial charge on any atom is 0.328 e. The van der Waals surface area contributed by atoms with E-state index in [4.69, 9.17) is 10.2 Å². The van der Waals surface area contributed by atoms with Crippen LogP contribution in [0.5, 0.6) is 5.75 Å². The van der Waals surface area contributed by atoms with Crippen molar-refractivity contribution in [3.05, 3.63) is 35.4 Å². The number of phenolic OH excluding ortho intramolecular Hbond substituents is 1. The minimum atomic E-state index is -1.39. The first-order chi connectivity index (χ1) is 6.52. The number of hydrogen-bond acceptors (Lipinski definition) is 2. The maximum absolute atomic E-state index is 12.9. The number of carboxylic acid groups (broad SMARTS) is 1. The number of carboxylic acids is 1. The van der Waals surface area contributed by atoms with E-state index in [2.05, 4.69) is 0 Å². The Labute approximate surface area is 77.9 Å². The summed E-state index contributed by atoms with van der Waals surface area (Å²) < 4.78 is 25.6. The number of rotatable bonds is 2. The van der Waals surface area contributed by atoms with Crippen LogP contribution in [0.4, 0.5) is 8.78 Å². The molecule has 0 bridgehead atoms. The van der Waals surface area contributed by atoms with Crippen LogP contribution in [-0.4, -0.2) is 16.2 Å². The summed E-state index contributed by atoms with van der Waals surface area (Å²) in [5, 5.41) is 17.0. The van der Waals surface area contributed by atoms with E-state index in [0.29, 0.717) is 6.08 Å². The number of halogens is 2. The molecule has 0 saturated heterocycles. The summed E-state index contributed by atoms with van der Waals surface area (Å²) in [5.74, 6) is -4.74. The van der Waals surface area contributed by atoms with E-state index in [1.165, 1.54) is 0 Å². The van der Waals surface area contributed by atoms with Crippen molar-refractivity contribution in [1.29, 1.82) is 0 Å². The van der Waals surface area contributed by atoms with Crippen molar-refractivity contribution in [1.82, 2.24) is 0 Å². The highest BCUT2D eigenvalue weighted by Crippen LogP contribution is 2.21. The first-order valence-corrected chi connectivity index (χ1v) is 3.60. The lowest BCUT2D eigenvalue weighted by Crippen LogP contribution is -1.91. The van der Waals surface area contributed by atoms with Crippen LogP contribution in [0.25, 0.3) is 6.08 Å². The Hall–Kier alpha value is -1.91. The normalized spacial score (nSPS) is 10.7. The monoisotopic (exact) mass is 200 g/mol. The van der Waals surface area contributed by atoms with Crippen LogP contribution in [0.1, 0.15) is 5.56 Å². The third-order valence-electron chi connectivity index (χ3n) is 1.50. The van der Waals surface area contributed by atoms with Gasteiger partial charge in [-0.05, 0) is 18.2 Å². The fourth-order valence-electron chi connectivity index (χ4n) is 0.844. The van der Waals surface area contributed by atoms with Crippen LogP contribution >= 0.6 is 0 Å². The standard InChI is InChI=1S/C9H6F2O3/c10-8-5(2-4-7(13)14)1-3-6(12)9(8)11/h1-4,12H,(H,13,14)/b4-2+. The largest absolute Gasteiger partial charge is 0.505 e. The van der Waals surface area contributed by atoms with Gasteiger partial charge in [0.15, 0.2) is 11.6 Å². The molecule has 0 heterocycles. The minimum absolute atomic E-state index is 0.234. The molecule has 0 saturated carbocycles. The molecule has 0 atom stereocenters. The Morgan fingerprint density at radius 2 is 1.93 bits per heavy atom. The second kappa shape index (κ2) is 3.87. The summed E-state index contributed by atoms with van der Waals surface area (Å²) in [6.07, 6.45) is 1.58. The Morgan fingerprint density at radius 1 is 1.29 bits per heavy atom. The number of aromatic hydroxyl groups is 1. The number of hydrogen-bond donors (Lipinski definition) is 2. The molecule has 0 radical (unpaired) electrons. The van der Waals surface area contributed by atoms with Gasteiger partial charge in [-0.1, -0.05) is 0 Å². The number of aliphatic carboxylic acids is 1. The quantitative estimate of drug-likeness (QED) is 0.715. The van der Waals surface area contributed by atoms with E-state index in [0.717, 1.165) is 18.2 Å². The molecule has 0 unspecified atom stereocenters. The smallest absolute Gasteiger partial charge is 0.328 e. The highest BCUT2D eigenvalue weighted by molar-refractivity contribution is 5.85. The van der Waals surface area contributed by atoms with E-state index in [9.17, 15) is 13.6 Å². The van der Waals surface area contributed by atoms with Gasteiger partial charge in [0, 0.05) is 11.6 Å². The molecule has 0 fully saturated rings. The van der Waals surface area contributed by atoms with E-state index in [-0.39, 0.29) is 5.56 Å². The molecule has 3 nitrogen and oxygen atoms in total. The predicted molar refractivity (Wildman–Crippen MR) is 44.7 cm³/mol. The first kappa shape index (κ1) is 10.2. The zero-order valence-corrected chi connectivity index (χ0v) is 6.87. The van der Waals surface area contributed by atoms with Gasteiger partial charge in [0.1, 0.15) is 0 Å². The summed E-state index contributed by atoms with van der Waals surface area (Å²) >= 11 is 0. The molecule has 0 aliphatic rings. The third-order valence-corrected chi connectivity index (χ3v) is 1.50. The Kier molecular flexibility index (Phi) is 2.81. The molecule has 0 aliphatic carbocycles. The Bertz CT molecular complexity index is 399. The summed E-state index contributed by atoms with van der Waals surface area (Å²) in [6, 6.07) is 2.02. The minimum Gasteiger partial charge on any atom is -0.505 e. The van der Waals surface area contributed by atoms with Crippen molar-refractivity contribution in [2.24, 2.45) is 0 Å². The maximum atomic E-state index is 12.9. The summed E-state index contributed by atoms with van der Waals surface area (Å²) in [4.78, 5) is 10.1. The van der Waals surface area contributed by atoms with E-state index >= 15 is 0 Å². The van der Waals surface area contributed by atoms with Gasteiger partial charge < -0.3 is 10.2 Å². The van der Waals surface area contributed by atoms with Gasteiger partial charge in [0.05, 0.1) is 0 Å². The first-order valence-electron chi connectivity index (χ1n) is 3.60. The molecule has 74 valence electrons. The zero-order valence-electron chi connectivity index (χ0n) is 6.87. The summed E-state index contributed by atoms with van der Waals surface area (Å²) in [6.45, 7) is 0. The summed E-state index contributed by atoms with van der Waals surface area (Å²) in [5.41, 5.74) is -0.234. The van der Waals surface area contributed by atoms with Crippen LogP contribution in [0.15, 0.2) is 18.2 Å². The van der Waals surface area contributed by atoms with Gasteiger partial charge >= 0.3 is 5.97 Å². The van der Waals surface area contributed by atoms with Crippen LogP contribution < -0.4 is 0 Å². The molecule has 5 heteroatoms. The van der Waals surface area contributed by atoms with Gasteiger partial charge in [-0.15, -0.1) is 0 Å². The van der Waals surface area contributed by atoms with Crippen molar-refractivity contribution >= 4 is 12.0 Å². The molecule has 0 aromatic heterocycles. The van der Waals surface area contributed by atoms with Gasteiger partial charge in [0.25, 0.3) is 0 Å². The van der Waals surface area contributed by atoms with Gasteiger partial charge in [-0.3, -0.25) is 0 Å². The molecular formula is C9H6F2O3. The predicted octanol–water partition coefficient (Wildman–Crippen LogP) is 1.77. The number of carbonyl (C=O) groups is 1. The SMILES string of the molecule is O=C(O)/C=C/c1ccc(O)c(F)c1F. The topological polar surface area (TPSA) is 57.5 Å². The van der Waals surface area contributed by atoms with E-state index in [1.54, 1.807) is 0 Å². The molecular weight excluding hydrogens is 194 g/mol. The fourth-order valence-corrected chi connectivity index (χ4v) is 0.844. The molecule has 1 rings (SSSR count). The highest BCUT2D eigenvalue weighted by atomic mass is 19.2. The lowest BCUT2D eigenvalue weighted by Gasteiger charge is -1.99. The highest BCUT2D eigenvalue weighted by Gasteiger charge is 2.10. The molecule has 2 N–H and O–H groups in total. The van der Waals surface area contributed by atoms with E-state index < -0.39 is 23.4 Å². The molecule has 1 aromatic carbocycles. The Balaban J connectivity index is 3.12. The number of phenols is 1. The molecule has 0 amide bonds. The molecule has 0 aliphatic heterocycles. The van der Waals surface area contributed by atoms with E-state index in [1.807, 2.05) is 0 Å². The van der Waals surface area contributed by atoms with Gasteiger partial charge in [-0.2, -0.15) is 4.39 Å². The average molecular weight is 200 g/mol. The lowest BCUT2D eigenvalue weighted by atomic mass is 10.2.